The largest absolute Gasteiger partial charge is 0.353 e. The van der Waals surface area contributed by atoms with E-state index in [1.165, 1.54) is 12.8 Å². The number of aromatic nitrogens is 2. The quantitative estimate of drug-likeness (QED) is 0.884. The Kier molecular flexibility index (Phi) is 4.31. The summed E-state index contributed by atoms with van der Waals surface area (Å²) in [6.07, 6.45) is 7.89. The first kappa shape index (κ1) is 16.3. The van der Waals surface area contributed by atoms with Gasteiger partial charge in [-0.1, -0.05) is 0 Å². The number of carbonyl (C=O) groups excluding carboxylic acids is 2. The van der Waals surface area contributed by atoms with Gasteiger partial charge in [0.1, 0.15) is 11.5 Å². The van der Waals surface area contributed by atoms with Gasteiger partial charge in [0.15, 0.2) is 0 Å². The van der Waals surface area contributed by atoms with Crippen molar-refractivity contribution >= 4 is 17.6 Å². The Morgan fingerprint density at radius 1 is 1.16 bits per heavy atom. The molecule has 7 heteroatoms. The average molecular weight is 343 g/mol. The number of amides is 2. The molecule has 25 heavy (non-hydrogen) atoms. The van der Waals surface area contributed by atoms with Crippen LogP contribution in [-0.2, 0) is 4.79 Å². The van der Waals surface area contributed by atoms with Crippen molar-refractivity contribution in [3.63, 3.8) is 0 Å². The van der Waals surface area contributed by atoms with E-state index in [0.717, 1.165) is 44.8 Å². The van der Waals surface area contributed by atoms with Gasteiger partial charge in [0.25, 0.3) is 5.91 Å². The Labute approximate surface area is 147 Å². The molecule has 0 radical (unpaired) electrons. The Balaban J connectivity index is 1.50. The van der Waals surface area contributed by atoms with Gasteiger partial charge >= 0.3 is 0 Å². The zero-order valence-electron chi connectivity index (χ0n) is 14.6. The molecule has 0 unspecified atom stereocenters. The molecular formula is C18H25N5O2. The van der Waals surface area contributed by atoms with Crippen molar-refractivity contribution in [1.29, 1.82) is 0 Å². The van der Waals surface area contributed by atoms with Crippen LogP contribution < -0.4 is 10.2 Å². The van der Waals surface area contributed by atoms with Crippen LogP contribution in [0.4, 0.5) is 5.82 Å². The Morgan fingerprint density at radius 2 is 1.92 bits per heavy atom. The molecule has 0 aromatic carbocycles. The lowest BCUT2D eigenvalue weighted by molar-refractivity contribution is -0.119. The highest BCUT2D eigenvalue weighted by Crippen LogP contribution is 2.42. The van der Waals surface area contributed by atoms with Crippen molar-refractivity contribution in [2.75, 3.05) is 31.1 Å². The highest BCUT2D eigenvalue weighted by molar-refractivity contribution is 5.92. The number of anilines is 1. The number of hydrogen-bond donors (Lipinski definition) is 1. The lowest BCUT2D eigenvalue weighted by Crippen LogP contribution is -2.40. The van der Waals surface area contributed by atoms with Crippen molar-refractivity contribution in [3.05, 3.63) is 18.1 Å². The van der Waals surface area contributed by atoms with Crippen LogP contribution in [0.25, 0.3) is 0 Å². The van der Waals surface area contributed by atoms with Crippen LogP contribution in [0, 0.1) is 11.8 Å². The molecule has 2 atom stereocenters. The summed E-state index contributed by atoms with van der Waals surface area (Å²) in [6.45, 7) is 4.79. The Bertz CT molecular complexity index is 669. The standard InChI is InChI=1S/C18H25N5O2/c1-12(24)20-16-11-23(10-14(16)13-4-5-13)17-9-19-8-15(21-17)18(25)22-6-2-3-7-22/h8-9,13-14,16H,2-7,10-11H2,1H3,(H,20,24)/t14-,16+/m1/s1. The fraction of sp³-hybridized carbons (Fsp3) is 0.667. The van der Waals surface area contributed by atoms with Crippen molar-refractivity contribution in [2.24, 2.45) is 11.8 Å². The predicted octanol–water partition coefficient (Wildman–Crippen LogP) is 1.06. The predicted molar refractivity (Wildman–Crippen MR) is 93.2 cm³/mol. The van der Waals surface area contributed by atoms with Crippen molar-refractivity contribution in [2.45, 2.75) is 38.6 Å². The molecule has 1 aromatic heterocycles. The molecule has 2 saturated heterocycles. The second kappa shape index (κ2) is 6.61. The molecule has 2 aliphatic heterocycles. The lowest BCUT2D eigenvalue weighted by Gasteiger charge is -2.19. The molecular weight excluding hydrogens is 318 g/mol. The minimum atomic E-state index is -0.0248. The summed E-state index contributed by atoms with van der Waals surface area (Å²) in [5, 5.41) is 3.09. The first-order valence-electron chi connectivity index (χ1n) is 9.25. The van der Waals surface area contributed by atoms with Crippen molar-refractivity contribution in [1.82, 2.24) is 20.2 Å². The van der Waals surface area contributed by atoms with Gasteiger partial charge in [0.05, 0.1) is 18.4 Å². The summed E-state index contributed by atoms with van der Waals surface area (Å²) >= 11 is 0. The van der Waals surface area contributed by atoms with Crippen LogP contribution in [0.15, 0.2) is 12.4 Å². The molecule has 3 aliphatic rings. The van der Waals surface area contributed by atoms with Crippen molar-refractivity contribution < 1.29 is 9.59 Å². The first-order chi connectivity index (χ1) is 12.1. The van der Waals surface area contributed by atoms with Crippen LogP contribution in [0.3, 0.4) is 0 Å². The summed E-state index contributed by atoms with van der Waals surface area (Å²) in [5.74, 6) is 1.89. The number of rotatable bonds is 4. The molecule has 1 saturated carbocycles. The van der Waals surface area contributed by atoms with E-state index in [4.69, 9.17) is 0 Å². The van der Waals surface area contributed by atoms with Crippen molar-refractivity contribution in [3.8, 4) is 0 Å². The van der Waals surface area contributed by atoms with E-state index in [0.29, 0.717) is 17.5 Å². The molecule has 0 spiro atoms. The normalized spacial score (nSPS) is 26.1. The van der Waals surface area contributed by atoms with Gasteiger partial charge in [-0.05, 0) is 31.6 Å². The highest BCUT2D eigenvalue weighted by Gasteiger charge is 2.43. The fourth-order valence-electron chi connectivity index (χ4n) is 4.13. The second-order valence-electron chi connectivity index (χ2n) is 7.48. The molecule has 0 bridgehead atoms. The summed E-state index contributed by atoms with van der Waals surface area (Å²) < 4.78 is 0. The van der Waals surface area contributed by atoms with Gasteiger partial charge < -0.3 is 15.1 Å². The fourth-order valence-corrected chi connectivity index (χ4v) is 4.13. The van der Waals surface area contributed by atoms with Crippen LogP contribution in [-0.4, -0.2) is 58.9 Å². The van der Waals surface area contributed by atoms with Gasteiger partial charge in [0, 0.05) is 39.0 Å². The third kappa shape index (κ3) is 3.45. The molecule has 1 aliphatic carbocycles. The number of nitrogens with one attached hydrogen (secondary N) is 1. The molecule has 134 valence electrons. The van der Waals surface area contributed by atoms with E-state index in [1.54, 1.807) is 19.3 Å². The van der Waals surface area contributed by atoms with E-state index in [1.807, 2.05) is 4.90 Å². The second-order valence-corrected chi connectivity index (χ2v) is 7.48. The smallest absolute Gasteiger partial charge is 0.274 e. The van der Waals surface area contributed by atoms with Gasteiger partial charge in [0.2, 0.25) is 5.91 Å². The van der Waals surface area contributed by atoms with Gasteiger partial charge in [-0.25, -0.2) is 4.98 Å². The maximum Gasteiger partial charge on any atom is 0.274 e. The zero-order valence-corrected chi connectivity index (χ0v) is 14.6. The summed E-state index contributed by atoms with van der Waals surface area (Å²) in [4.78, 5) is 36.9. The average Bonchev–Trinajstić information content (AvgIpc) is 3.14. The van der Waals surface area contributed by atoms with E-state index in [2.05, 4.69) is 20.2 Å². The summed E-state index contributed by atoms with van der Waals surface area (Å²) in [5.41, 5.74) is 0.422. The van der Waals surface area contributed by atoms with Gasteiger partial charge in [-0.15, -0.1) is 0 Å². The Morgan fingerprint density at radius 3 is 2.60 bits per heavy atom. The molecule has 1 N–H and O–H groups in total. The summed E-state index contributed by atoms with van der Waals surface area (Å²) in [7, 11) is 0. The maximum atomic E-state index is 12.6. The summed E-state index contributed by atoms with van der Waals surface area (Å²) in [6, 6.07) is 0.157. The minimum absolute atomic E-state index is 0.0153. The Hall–Kier alpha value is -2.18. The molecule has 1 aromatic rings. The molecule has 2 amide bonds. The number of nitrogens with zero attached hydrogens (tertiary/aromatic N) is 4. The van der Waals surface area contributed by atoms with Gasteiger partial charge in [-0.2, -0.15) is 0 Å². The third-order valence-electron chi connectivity index (χ3n) is 5.54. The van der Waals surface area contributed by atoms with Crippen LogP contribution in [0.2, 0.25) is 0 Å². The molecule has 7 nitrogen and oxygen atoms in total. The van der Waals surface area contributed by atoms with Crippen LogP contribution in [0.5, 0.6) is 0 Å². The SMILES string of the molecule is CC(=O)N[C@H]1CN(c2cncc(C(=O)N3CCCC3)n2)C[C@@H]1C1CC1. The minimum Gasteiger partial charge on any atom is -0.353 e. The van der Waals surface area contributed by atoms with E-state index in [-0.39, 0.29) is 17.9 Å². The first-order valence-corrected chi connectivity index (χ1v) is 9.25. The molecule has 3 fully saturated rings. The van der Waals surface area contributed by atoms with Crippen LogP contribution in [0.1, 0.15) is 43.1 Å². The lowest BCUT2D eigenvalue weighted by atomic mass is 9.98. The third-order valence-corrected chi connectivity index (χ3v) is 5.54. The van der Waals surface area contributed by atoms with E-state index >= 15 is 0 Å². The zero-order chi connectivity index (χ0) is 17.4. The van der Waals surface area contributed by atoms with E-state index < -0.39 is 0 Å². The highest BCUT2D eigenvalue weighted by atomic mass is 16.2. The number of hydrogen-bond acceptors (Lipinski definition) is 5. The molecule has 3 heterocycles. The number of carbonyl (C=O) groups is 2. The number of likely N-dealkylation sites (tertiary alicyclic amines) is 1. The molecule has 4 rings (SSSR count). The topological polar surface area (TPSA) is 78.4 Å². The van der Waals surface area contributed by atoms with Gasteiger partial charge in [-0.3, -0.25) is 14.6 Å². The maximum absolute atomic E-state index is 12.6. The monoisotopic (exact) mass is 343 g/mol. The van der Waals surface area contributed by atoms with Crippen LogP contribution >= 0.6 is 0 Å². The van der Waals surface area contributed by atoms with E-state index in [9.17, 15) is 9.59 Å².